The maximum Gasteiger partial charge on any atom is 0.407 e. The van der Waals surface area contributed by atoms with Crippen LogP contribution in [-0.2, 0) is 21.4 Å². The molecule has 0 aliphatic heterocycles. The summed E-state index contributed by atoms with van der Waals surface area (Å²) in [7, 11) is 1.56. The van der Waals surface area contributed by atoms with Crippen LogP contribution in [0, 0.1) is 12.3 Å². The summed E-state index contributed by atoms with van der Waals surface area (Å²) in [5, 5.41) is 18.4. The number of terminal acetylenes is 1. The number of hydrogen-bond donors (Lipinski definition) is 3. The lowest BCUT2D eigenvalue weighted by Crippen LogP contribution is -2.49. The molecule has 0 bridgehead atoms. The van der Waals surface area contributed by atoms with Gasteiger partial charge in [-0.15, -0.1) is 12.3 Å². The SMILES string of the molecule is C#CCC(NC(=O)OCC1c2ccccc2-c2ccccc21)C(=O)NC(C(=O)O)c1ccnn1C. The monoisotopic (exact) mass is 472 g/mol. The fraction of sp³-hybridized carbons (Fsp3) is 0.231. The minimum Gasteiger partial charge on any atom is -0.479 e. The van der Waals surface area contributed by atoms with Crippen LogP contribution in [0.25, 0.3) is 11.1 Å². The van der Waals surface area contributed by atoms with Gasteiger partial charge in [-0.25, -0.2) is 9.59 Å². The first-order valence-electron chi connectivity index (χ1n) is 11.0. The average molecular weight is 473 g/mol. The zero-order valence-electron chi connectivity index (χ0n) is 19.0. The Morgan fingerprint density at radius 2 is 1.71 bits per heavy atom. The van der Waals surface area contributed by atoms with Crippen molar-refractivity contribution in [2.45, 2.75) is 24.4 Å². The van der Waals surface area contributed by atoms with Crippen molar-refractivity contribution in [1.82, 2.24) is 20.4 Å². The number of aryl methyl sites for hydroxylation is 1. The Balaban J connectivity index is 1.42. The molecule has 1 heterocycles. The van der Waals surface area contributed by atoms with Crippen LogP contribution in [-0.4, -0.2) is 45.5 Å². The van der Waals surface area contributed by atoms with Gasteiger partial charge in [-0.1, -0.05) is 48.5 Å². The van der Waals surface area contributed by atoms with E-state index in [-0.39, 0.29) is 24.6 Å². The number of nitrogens with one attached hydrogen (secondary N) is 2. The van der Waals surface area contributed by atoms with Gasteiger partial charge in [0.15, 0.2) is 6.04 Å². The second-order valence-corrected chi connectivity index (χ2v) is 8.09. The summed E-state index contributed by atoms with van der Waals surface area (Å²) < 4.78 is 6.82. The summed E-state index contributed by atoms with van der Waals surface area (Å²) in [6.45, 7) is 0.0665. The second-order valence-electron chi connectivity index (χ2n) is 8.09. The van der Waals surface area contributed by atoms with Crippen molar-refractivity contribution < 1.29 is 24.2 Å². The number of alkyl carbamates (subject to hydrolysis) is 1. The topological polar surface area (TPSA) is 123 Å². The molecule has 1 aliphatic rings. The summed E-state index contributed by atoms with van der Waals surface area (Å²) in [6.07, 6.45) is 5.83. The lowest BCUT2D eigenvalue weighted by molar-refractivity contribution is -0.142. The minimum atomic E-state index is -1.36. The van der Waals surface area contributed by atoms with Gasteiger partial charge in [0.05, 0.1) is 5.69 Å². The highest BCUT2D eigenvalue weighted by Gasteiger charge is 2.31. The molecule has 9 heteroatoms. The summed E-state index contributed by atoms with van der Waals surface area (Å²) in [4.78, 5) is 37.1. The number of aromatic nitrogens is 2. The van der Waals surface area contributed by atoms with E-state index < -0.39 is 30.1 Å². The van der Waals surface area contributed by atoms with Gasteiger partial charge in [-0.2, -0.15) is 5.10 Å². The molecular formula is C26H24N4O5. The molecular weight excluding hydrogens is 448 g/mol. The van der Waals surface area contributed by atoms with Crippen molar-refractivity contribution in [3.63, 3.8) is 0 Å². The number of carboxylic acid groups (broad SMARTS) is 1. The molecule has 2 unspecified atom stereocenters. The summed E-state index contributed by atoms with van der Waals surface area (Å²) in [6, 6.07) is 14.8. The predicted octanol–water partition coefficient (Wildman–Crippen LogP) is 2.59. The van der Waals surface area contributed by atoms with E-state index in [0.717, 1.165) is 22.3 Å². The Morgan fingerprint density at radius 1 is 1.09 bits per heavy atom. The smallest absolute Gasteiger partial charge is 0.407 e. The van der Waals surface area contributed by atoms with Crippen molar-refractivity contribution in [1.29, 1.82) is 0 Å². The van der Waals surface area contributed by atoms with Crippen LogP contribution in [0.1, 0.15) is 35.2 Å². The third kappa shape index (κ3) is 4.87. The Morgan fingerprint density at radius 3 is 2.26 bits per heavy atom. The van der Waals surface area contributed by atoms with Gasteiger partial charge in [-0.3, -0.25) is 9.48 Å². The third-order valence-electron chi connectivity index (χ3n) is 5.96. The normalized spacial score (nSPS) is 13.6. The van der Waals surface area contributed by atoms with Crippen molar-refractivity contribution >= 4 is 18.0 Å². The fourth-order valence-corrected chi connectivity index (χ4v) is 4.28. The zero-order valence-corrected chi connectivity index (χ0v) is 19.0. The molecule has 2 aromatic carbocycles. The number of amides is 2. The molecule has 1 aromatic heterocycles. The predicted molar refractivity (Wildman–Crippen MR) is 127 cm³/mol. The van der Waals surface area contributed by atoms with Crippen molar-refractivity contribution in [3.8, 4) is 23.5 Å². The minimum absolute atomic E-state index is 0.0665. The number of rotatable bonds is 8. The van der Waals surface area contributed by atoms with Crippen LogP contribution in [0.15, 0.2) is 60.8 Å². The van der Waals surface area contributed by atoms with E-state index in [0.29, 0.717) is 0 Å². The standard InChI is InChI=1S/C26H24N4O5/c1-3-8-21(24(31)29-23(25(32)33)22-13-14-27-30(22)2)28-26(34)35-15-20-18-11-6-4-9-16(18)17-10-5-7-12-19(17)20/h1,4-7,9-14,20-21,23H,8,15H2,2H3,(H,28,34)(H,29,31)(H,32,33). The molecule has 0 fully saturated rings. The number of nitrogens with zero attached hydrogens (tertiary/aromatic N) is 2. The van der Waals surface area contributed by atoms with E-state index in [2.05, 4.69) is 21.7 Å². The lowest BCUT2D eigenvalue weighted by Gasteiger charge is -2.21. The Bertz CT molecular complexity index is 1260. The molecule has 0 spiro atoms. The summed E-state index contributed by atoms with van der Waals surface area (Å²) >= 11 is 0. The van der Waals surface area contributed by atoms with Gasteiger partial charge in [0.25, 0.3) is 0 Å². The average Bonchev–Trinajstić information content (AvgIpc) is 3.41. The number of ether oxygens (including phenoxy) is 1. The van der Waals surface area contributed by atoms with E-state index in [1.807, 2.05) is 48.5 Å². The van der Waals surface area contributed by atoms with Gasteiger partial charge in [0.1, 0.15) is 12.6 Å². The Hall–Kier alpha value is -4.58. The van der Waals surface area contributed by atoms with Crippen LogP contribution in [0.2, 0.25) is 0 Å². The third-order valence-corrected chi connectivity index (χ3v) is 5.96. The van der Waals surface area contributed by atoms with Crippen LogP contribution in [0.5, 0.6) is 0 Å². The van der Waals surface area contributed by atoms with Crippen molar-refractivity contribution in [2.75, 3.05) is 6.61 Å². The molecule has 35 heavy (non-hydrogen) atoms. The number of fused-ring (bicyclic) bond motifs is 3. The molecule has 1 aliphatic carbocycles. The fourth-order valence-electron chi connectivity index (χ4n) is 4.28. The molecule has 0 saturated carbocycles. The van der Waals surface area contributed by atoms with Gasteiger partial charge in [-0.05, 0) is 28.3 Å². The highest BCUT2D eigenvalue weighted by atomic mass is 16.5. The maximum atomic E-state index is 12.8. The van der Waals surface area contributed by atoms with Crippen LogP contribution in [0.4, 0.5) is 4.79 Å². The Kier molecular flexibility index (Phi) is 6.83. The van der Waals surface area contributed by atoms with E-state index >= 15 is 0 Å². The van der Waals surface area contributed by atoms with Gasteiger partial charge >= 0.3 is 12.1 Å². The van der Waals surface area contributed by atoms with Crippen LogP contribution >= 0.6 is 0 Å². The lowest BCUT2D eigenvalue weighted by atomic mass is 9.98. The molecule has 2 atom stereocenters. The van der Waals surface area contributed by atoms with E-state index in [1.165, 1.54) is 16.9 Å². The molecule has 3 N–H and O–H groups in total. The summed E-state index contributed by atoms with van der Waals surface area (Å²) in [5.74, 6) is 0.165. The first-order chi connectivity index (χ1) is 16.9. The summed E-state index contributed by atoms with van der Waals surface area (Å²) in [5.41, 5.74) is 4.57. The van der Waals surface area contributed by atoms with E-state index in [4.69, 9.17) is 11.2 Å². The molecule has 3 aromatic rings. The largest absolute Gasteiger partial charge is 0.479 e. The number of aliphatic carboxylic acids is 1. The second kappa shape index (κ2) is 10.1. The van der Waals surface area contributed by atoms with Gasteiger partial charge in [0.2, 0.25) is 5.91 Å². The quantitative estimate of drug-likeness (QED) is 0.433. The highest BCUT2D eigenvalue weighted by molar-refractivity contribution is 5.90. The van der Waals surface area contributed by atoms with Crippen molar-refractivity contribution in [2.24, 2.45) is 7.05 Å². The molecule has 9 nitrogen and oxygen atoms in total. The van der Waals surface area contributed by atoms with Crippen LogP contribution < -0.4 is 10.6 Å². The van der Waals surface area contributed by atoms with E-state index in [1.54, 1.807) is 7.05 Å². The first-order valence-corrected chi connectivity index (χ1v) is 11.0. The molecule has 2 amide bonds. The molecule has 0 saturated heterocycles. The number of carbonyl (C=O) groups is 3. The highest BCUT2D eigenvalue weighted by Crippen LogP contribution is 2.44. The maximum absolute atomic E-state index is 12.8. The number of carbonyl (C=O) groups excluding carboxylic acids is 2. The first kappa shape index (κ1) is 23.6. The number of carboxylic acids is 1. The van der Waals surface area contributed by atoms with Crippen molar-refractivity contribution in [3.05, 3.63) is 77.6 Å². The number of benzene rings is 2. The molecule has 178 valence electrons. The molecule has 0 radical (unpaired) electrons. The van der Waals surface area contributed by atoms with Crippen LogP contribution in [0.3, 0.4) is 0 Å². The zero-order chi connectivity index (χ0) is 24.9. The van der Waals surface area contributed by atoms with E-state index in [9.17, 15) is 19.5 Å². The van der Waals surface area contributed by atoms with Gasteiger partial charge < -0.3 is 20.5 Å². The van der Waals surface area contributed by atoms with Gasteiger partial charge in [0, 0.05) is 25.6 Å². The molecule has 4 rings (SSSR count). The Labute approximate surface area is 202 Å². The number of hydrogen-bond acceptors (Lipinski definition) is 5.